The van der Waals surface area contributed by atoms with Gasteiger partial charge in [0.25, 0.3) is 0 Å². The first kappa shape index (κ1) is 15.7. The Labute approximate surface area is 133 Å². The van der Waals surface area contributed by atoms with Gasteiger partial charge in [0.05, 0.1) is 0 Å². The third-order valence-electron chi connectivity index (χ3n) is 2.83. The highest BCUT2D eigenvalue weighted by molar-refractivity contribution is 7.98. The Hall–Kier alpha value is -1.65. The number of nitrogen functional groups attached to an aromatic ring is 1. The maximum Gasteiger partial charge on any atom is 0.225 e. The number of benzene rings is 2. The van der Waals surface area contributed by atoms with E-state index in [1.165, 1.54) is 5.56 Å². The van der Waals surface area contributed by atoms with Crippen LogP contribution >= 0.6 is 23.4 Å². The van der Waals surface area contributed by atoms with E-state index in [2.05, 4.69) is 5.32 Å². The van der Waals surface area contributed by atoms with Crippen molar-refractivity contribution in [3.8, 4) is 0 Å². The quantitative estimate of drug-likeness (QED) is 0.620. The fourth-order valence-electron chi connectivity index (χ4n) is 1.78. The highest BCUT2D eigenvalue weighted by Gasteiger charge is 2.03. The van der Waals surface area contributed by atoms with Crippen molar-refractivity contribution in [2.75, 3.05) is 16.8 Å². The number of nitrogens with one attached hydrogen (secondary N) is 1. The minimum atomic E-state index is 0.00389. The van der Waals surface area contributed by atoms with Gasteiger partial charge in [0, 0.05) is 34.3 Å². The zero-order valence-corrected chi connectivity index (χ0v) is 13.1. The molecule has 0 unspecified atom stereocenters. The van der Waals surface area contributed by atoms with Gasteiger partial charge in [0.15, 0.2) is 0 Å². The van der Waals surface area contributed by atoms with Gasteiger partial charge in [-0.1, -0.05) is 29.8 Å². The summed E-state index contributed by atoms with van der Waals surface area (Å²) in [5, 5.41) is 3.58. The van der Waals surface area contributed by atoms with Crippen LogP contribution in [0.2, 0.25) is 5.02 Å². The molecule has 2 rings (SSSR count). The van der Waals surface area contributed by atoms with Gasteiger partial charge in [0.2, 0.25) is 5.91 Å². The Kier molecular flexibility index (Phi) is 5.96. The Balaban J connectivity index is 1.68. The molecule has 0 aliphatic heterocycles. The van der Waals surface area contributed by atoms with Crippen LogP contribution in [-0.2, 0) is 10.5 Å². The molecule has 0 heterocycles. The second-order valence-electron chi connectivity index (χ2n) is 4.60. The zero-order chi connectivity index (χ0) is 15.1. The summed E-state index contributed by atoms with van der Waals surface area (Å²) in [5.41, 5.74) is 8.26. The summed E-state index contributed by atoms with van der Waals surface area (Å²) in [6, 6.07) is 14.9. The first-order valence-electron chi connectivity index (χ1n) is 6.61. The smallest absolute Gasteiger partial charge is 0.225 e. The standard InChI is InChI=1S/C16H17ClN2OS/c17-13-6-4-12(5-7-13)11-21-9-8-16(20)19-15-3-1-2-14(18)10-15/h1-7,10H,8-9,11,18H2,(H,19,20). The number of rotatable bonds is 6. The molecule has 0 saturated heterocycles. The Morgan fingerprint density at radius 2 is 1.95 bits per heavy atom. The lowest BCUT2D eigenvalue weighted by molar-refractivity contribution is -0.115. The van der Waals surface area contributed by atoms with Crippen molar-refractivity contribution >= 4 is 40.6 Å². The number of anilines is 2. The predicted molar refractivity (Wildman–Crippen MR) is 91.7 cm³/mol. The first-order chi connectivity index (χ1) is 10.1. The van der Waals surface area contributed by atoms with Crippen molar-refractivity contribution in [3.05, 3.63) is 59.1 Å². The Bertz CT molecular complexity index is 601. The summed E-state index contributed by atoms with van der Waals surface area (Å²) in [6.07, 6.45) is 0.479. The summed E-state index contributed by atoms with van der Waals surface area (Å²) < 4.78 is 0. The molecule has 3 nitrogen and oxygen atoms in total. The molecule has 0 aliphatic rings. The van der Waals surface area contributed by atoms with E-state index in [1.54, 1.807) is 23.9 Å². The van der Waals surface area contributed by atoms with Gasteiger partial charge in [0.1, 0.15) is 0 Å². The minimum Gasteiger partial charge on any atom is -0.399 e. The average molecular weight is 321 g/mol. The lowest BCUT2D eigenvalue weighted by atomic mass is 10.2. The van der Waals surface area contributed by atoms with Crippen molar-refractivity contribution < 1.29 is 4.79 Å². The van der Waals surface area contributed by atoms with Crippen molar-refractivity contribution in [1.82, 2.24) is 0 Å². The fraction of sp³-hybridized carbons (Fsp3) is 0.188. The summed E-state index contributed by atoms with van der Waals surface area (Å²) in [6.45, 7) is 0. The van der Waals surface area contributed by atoms with Gasteiger partial charge in [-0.15, -0.1) is 0 Å². The molecule has 0 saturated carbocycles. The molecule has 5 heteroatoms. The fourth-order valence-corrected chi connectivity index (χ4v) is 2.80. The second-order valence-corrected chi connectivity index (χ2v) is 6.14. The number of hydrogen-bond acceptors (Lipinski definition) is 3. The molecule has 0 atom stereocenters. The van der Waals surface area contributed by atoms with Crippen LogP contribution in [-0.4, -0.2) is 11.7 Å². The number of nitrogens with two attached hydrogens (primary N) is 1. The predicted octanol–water partition coefficient (Wildman–Crippen LogP) is 4.18. The number of halogens is 1. The molecular formula is C16H17ClN2OS. The molecule has 0 bridgehead atoms. The molecule has 3 N–H and O–H groups in total. The molecule has 0 aliphatic carbocycles. The van der Waals surface area contributed by atoms with Crippen LogP contribution in [0.25, 0.3) is 0 Å². The number of carbonyl (C=O) groups is 1. The molecular weight excluding hydrogens is 304 g/mol. The summed E-state index contributed by atoms with van der Waals surface area (Å²) >= 11 is 7.56. The van der Waals surface area contributed by atoms with E-state index in [4.69, 9.17) is 17.3 Å². The SMILES string of the molecule is Nc1cccc(NC(=O)CCSCc2ccc(Cl)cc2)c1. The highest BCUT2D eigenvalue weighted by atomic mass is 35.5. The van der Waals surface area contributed by atoms with E-state index in [1.807, 2.05) is 36.4 Å². The minimum absolute atomic E-state index is 0.00389. The van der Waals surface area contributed by atoms with E-state index in [0.29, 0.717) is 12.1 Å². The van der Waals surface area contributed by atoms with Gasteiger partial charge in [-0.3, -0.25) is 4.79 Å². The summed E-state index contributed by atoms with van der Waals surface area (Å²) in [7, 11) is 0. The first-order valence-corrected chi connectivity index (χ1v) is 8.14. The number of amides is 1. The molecule has 0 spiro atoms. The number of carbonyl (C=O) groups excluding carboxylic acids is 1. The van der Waals surface area contributed by atoms with Gasteiger partial charge in [-0.2, -0.15) is 11.8 Å². The van der Waals surface area contributed by atoms with E-state index in [0.717, 1.165) is 22.2 Å². The third-order valence-corrected chi connectivity index (χ3v) is 4.11. The molecule has 1 amide bonds. The molecule has 110 valence electrons. The maximum absolute atomic E-state index is 11.8. The molecule has 21 heavy (non-hydrogen) atoms. The number of hydrogen-bond donors (Lipinski definition) is 2. The molecule has 0 radical (unpaired) electrons. The lowest BCUT2D eigenvalue weighted by Crippen LogP contribution is -2.12. The molecule has 0 aromatic heterocycles. The molecule has 2 aromatic rings. The van der Waals surface area contributed by atoms with Crippen LogP contribution < -0.4 is 11.1 Å². The Morgan fingerprint density at radius 3 is 2.67 bits per heavy atom. The van der Waals surface area contributed by atoms with Gasteiger partial charge >= 0.3 is 0 Å². The van der Waals surface area contributed by atoms with Crippen LogP contribution in [0.5, 0.6) is 0 Å². The second kappa shape index (κ2) is 7.96. The van der Waals surface area contributed by atoms with Crippen LogP contribution in [0.3, 0.4) is 0 Å². The van der Waals surface area contributed by atoms with Crippen LogP contribution in [0, 0.1) is 0 Å². The van der Waals surface area contributed by atoms with Crippen LogP contribution in [0.1, 0.15) is 12.0 Å². The number of thioether (sulfide) groups is 1. The van der Waals surface area contributed by atoms with E-state index in [-0.39, 0.29) is 5.91 Å². The van der Waals surface area contributed by atoms with Crippen molar-refractivity contribution in [1.29, 1.82) is 0 Å². The highest BCUT2D eigenvalue weighted by Crippen LogP contribution is 2.17. The van der Waals surface area contributed by atoms with E-state index in [9.17, 15) is 4.79 Å². The van der Waals surface area contributed by atoms with Crippen molar-refractivity contribution in [3.63, 3.8) is 0 Å². The topological polar surface area (TPSA) is 55.1 Å². The molecule has 2 aromatic carbocycles. The maximum atomic E-state index is 11.8. The van der Waals surface area contributed by atoms with Crippen LogP contribution in [0.4, 0.5) is 11.4 Å². The van der Waals surface area contributed by atoms with Crippen molar-refractivity contribution in [2.24, 2.45) is 0 Å². The summed E-state index contributed by atoms with van der Waals surface area (Å²) in [4.78, 5) is 11.8. The van der Waals surface area contributed by atoms with E-state index >= 15 is 0 Å². The average Bonchev–Trinajstić information content (AvgIpc) is 2.45. The monoisotopic (exact) mass is 320 g/mol. The van der Waals surface area contributed by atoms with Gasteiger partial charge in [-0.25, -0.2) is 0 Å². The van der Waals surface area contributed by atoms with Gasteiger partial charge < -0.3 is 11.1 Å². The largest absolute Gasteiger partial charge is 0.399 e. The van der Waals surface area contributed by atoms with Crippen LogP contribution in [0.15, 0.2) is 48.5 Å². The zero-order valence-electron chi connectivity index (χ0n) is 11.5. The van der Waals surface area contributed by atoms with Crippen molar-refractivity contribution in [2.45, 2.75) is 12.2 Å². The molecule has 0 fully saturated rings. The lowest BCUT2D eigenvalue weighted by Gasteiger charge is -2.06. The summed E-state index contributed by atoms with van der Waals surface area (Å²) in [5.74, 6) is 1.66. The normalized spacial score (nSPS) is 10.3. The van der Waals surface area contributed by atoms with Gasteiger partial charge in [-0.05, 0) is 35.9 Å². The Morgan fingerprint density at radius 1 is 1.19 bits per heavy atom. The third kappa shape index (κ3) is 5.69. The van der Waals surface area contributed by atoms with E-state index < -0.39 is 0 Å².